The maximum absolute atomic E-state index is 13.5. The summed E-state index contributed by atoms with van der Waals surface area (Å²) < 4.78 is 23.4. The van der Waals surface area contributed by atoms with E-state index in [0.717, 1.165) is 30.8 Å². The summed E-state index contributed by atoms with van der Waals surface area (Å²) >= 11 is 0. The van der Waals surface area contributed by atoms with Crippen LogP contribution in [-0.2, 0) is 27.6 Å². The molecule has 5 nitrogen and oxygen atoms in total. The van der Waals surface area contributed by atoms with E-state index >= 15 is 0 Å². The summed E-state index contributed by atoms with van der Waals surface area (Å²) in [4.78, 5) is 0.872. The molecule has 0 saturated carbocycles. The van der Waals surface area contributed by atoms with Crippen LogP contribution in [0.25, 0.3) is 6.08 Å². The van der Waals surface area contributed by atoms with Gasteiger partial charge in [0.05, 0.1) is 23.4 Å². The van der Waals surface area contributed by atoms with Crippen molar-refractivity contribution in [2.75, 3.05) is 26.8 Å². The Bertz CT molecular complexity index is 1000. The lowest BCUT2D eigenvalue weighted by atomic mass is 9.69. The van der Waals surface area contributed by atoms with Gasteiger partial charge in [0.15, 0.2) is 0 Å². The standard InChI is InChI=1S/C25H35N3O2S/c1-18(2)28-23-13-21-11-12-27(16-25(21,17-30-6)14-19(23)15-26-28)31(29)22-9-7-20(8-10-22)24(3,4)5/h7-10,13,15,18H,11-12,14,16-17H2,1-6H3. The van der Waals surface area contributed by atoms with Gasteiger partial charge in [-0.3, -0.25) is 4.68 Å². The van der Waals surface area contributed by atoms with Crippen LogP contribution in [0.15, 0.2) is 40.9 Å². The van der Waals surface area contributed by atoms with Crippen LogP contribution in [0.5, 0.6) is 0 Å². The van der Waals surface area contributed by atoms with Crippen molar-refractivity contribution < 1.29 is 8.95 Å². The number of aromatic nitrogens is 2. The molecule has 1 aliphatic carbocycles. The molecule has 1 saturated heterocycles. The SMILES string of the molecule is COCC12Cc3cnn(C(C)C)c3C=C1CCN(S(=O)c1ccc(C(C)(C)C)cc1)C2. The monoisotopic (exact) mass is 441 g/mol. The van der Waals surface area contributed by atoms with Crippen LogP contribution in [0.4, 0.5) is 0 Å². The van der Waals surface area contributed by atoms with Crippen molar-refractivity contribution in [2.24, 2.45) is 5.41 Å². The maximum atomic E-state index is 13.5. The Balaban J connectivity index is 1.60. The van der Waals surface area contributed by atoms with Gasteiger partial charge in [0.1, 0.15) is 11.0 Å². The number of benzene rings is 1. The summed E-state index contributed by atoms with van der Waals surface area (Å²) in [5.41, 5.74) is 5.09. The normalized spacial score (nSPS) is 22.7. The molecule has 0 spiro atoms. The van der Waals surface area contributed by atoms with Gasteiger partial charge in [-0.1, -0.05) is 38.5 Å². The van der Waals surface area contributed by atoms with Crippen molar-refractivity contribution in [3.8, 4) is 0 Å². The Morgan fingerprint density at radius 2 is 1.94 bits per heavy atom. The zero-order chi connectivity index (χ0) is 22.4. The van der Waals surface area contributed by atoms with E-state index in [9.17, 15) is 4.21 Å². The highest BCUT2D eigenvalue weighted by molar-refractivity contribution is 7.82. The van der Waals surface area contributed by atoms with Gasteiger partial charge >= 0.3 is 0 Å². The molecule has 1 fully saturated rings. The lowest BCUT2D eigenvalue weighted by Gasteiger charge is -2.45. The first-order chi connectivity index (χ1) is 14.6. The van der Waals surface area contributed by atoms with Gasteiger partial charge in [-0.2, -0.15) is 5.10 Å². The molecule has 2 heterocycles. The summed E-state index contributed by atoms with van der Waals surface area (Å²) in [6.07, 6.45) is 6.10. The Morgan fingerprint density at radius 3 is 2.55 bits per heavy atom. The molecule has 2 aromatic rings. The summed E-state index contributed by atoms with van der Waals surface area (Å²) in [5.74, 6) is 0. The first kappa shape index (κ1) is 22.4. The minimum absolute atomic E-state index is 0.0909. The fraction of sp³-hybridized carbons (Fsp3) is 0.560. The van der Waals surface area contributed by atoms with Gasteiger partial charge in [0, 0.05) is 31.7 Å². The average molecular weight is 442 g/mol. The lowest BCUT2D eigenvalue weighted by Crippen LogP contribution is -2.50. The fourth-order valence-corrected chi connectivity index (χ4v) is 6.18. The van der Waals surface area contributed by atoms with Crippen LogP contribution in [0.2, 0.25) is 0 Å². The third-order valence-electron chi connectivity index (χ3n) is 6.61. The predicted molar refractivity (Wildman–Crippen MR) is 126 cm³/mol. The highest BCUT2D eigenvalue weighted by Gasteiger charge is 2.44. The third kappa shape index (κ3) is 4.18. The third-order valence-corrected chi connectivity index (χ3v) is 8.07. The summed E-state index contributed by atoms with van der Waals surface area (Å²) in [7, 11) is 0.585. The van der Waals surface area contributed by atoms with Gasteiger partial charge < -0.3 is 4.74 Å². The smallest absolute Gasteiger partial charge is 0.127 e. The number of piperidine rings is 1. The molecule has 1 aromatic carbocycles. The molecule has 0 radical (unpaired) electrons. The average Bonchev–Trinajstić information content (AvgIpc) is 3.13. The van der Waals surface area contributed by atoms with Crippen molar-refractivity contribution in [3.63, 3.8) is 0 Å². The molecule has 0 bridgehead atoms. The number of nitrogens with zero attached hydrogens (tertiary/aromatic N) is 3. The largest absolute Gasteiger partial charge is 0.384 e. The number of methoxy groups -OCH3 is 1. The van der Waals surface area contributed by atoms with Crippen LogP contribution in [0.1, 0.15) is 63.9 Å². The van der Waals surface area contributed by atoms with E-state index in [-0.39, 0.29) is 10.8 Å². The van der Waals surface area contributed by atoms with Crippen molar-refractivity contribution in [2.45, 2.75) is 63.8 Å². The second kappa shape index (κ2) is 8.30. The van der Waals surface area contributed by atoms with Gasteiger partial charge in [0.25, 0.3) is 0 Å². The zero-order valence-electron chi connectivity index (χ0n) is 19.6. The zero-order valence-corrected chi connectivity index (χ0v) is 20.5. The first-order valence-corrected chi connectivity index (χ1v) is 12.3. The molecular formula is C25H35N3O2S. The maximum Gasteiger partial charge on any atom is 0.127 e. The second-order valence-electron chi connectivity index (χ2n) is 10.3. The molecule has 0 amide bonds. The van der Waals surface area contributed by atoms with Crippen LogP contribution < -0.4 is 0 Å². The van der Waals surface area contributed by atoms with Crippen LogP contribution >= 0.6 is 0 Å². The highest BCUT2D eigenvalue weighted by Crippen LogP contribution is 2.45. The van der Waals surface area contributed by atoms with Crippen molar-refractivity contribution in [1.29, 1.82) is 0 Å². The van der Waals surface area contributed by atoms with Crippen molar-refractivity contribution in [3.05, 3.63) is 52.9 Å². The lowest BCUT2D eigenvalue weighted by molar-refractivity contribution is 0.0745. The molecule has 2 aliphatic rings. The van der Waals surface area contributed by atoms with E-state index in [0.29, 0.717) is 12.6 Å². The Labute approximate surface area is 189 Å². The predicted octanol–water partition coefficient (Wildman–Crippen LogP) is 4.76. The van der Waals surface area contributed by atoms with Crippen LogP contribution in [-0.4, -0.2) is 45.1 Å². The first-order valence-electron chi connectivity index (χ1n) is 11.2. The van der Waals surface area contributed by atoms with E-state index in [2.05, 4.69) is 66.9 Å². The Morgan fingerprint density at radius 1 is 1.23 bits per heavy atom. The number of ether oxygens (including phenoxy) is 1. The molecule has 0 N–H and O–H groups in total. The minimum atomic E-state index is -1.18. The summed E-state index contributed by atoms with van der Waals surface area (Å²) in [6.45, 7) is 13.1. The van der Waals surface area contributed by atoms with E-state index in [4.69, 9.17) is 4.74 Å². The molecule has 2 atom stereocenters. The summed E-state index contributed by atoms with van der Waals surface area (Å²) in [5, 5.41) is 4.63. The highest BCUT2D eigenvalue weighted by atomic mass is 32.2. The van der Waals surface area contributed by atoms with Gasteiger partial charge in [0.2, 0.25) is 0 Å². The van der Waals surface area contributed by atoms with Crippen LogP contribution in [0, 0.1) is 5.41 Å². The molecule has 4 rings (SSSR count). The number of fused-ring (bicyclic) bond motifs is 2. The van der Waals surface area contributed by atoms with E-state index < -0.39 is 11.0 Å². The number of hydrogen-bond donors (Lipinski definition) is 0. The molecule has 1 aromatic heterocycles. The van der Waals surface area contributed by atoms with Crippen molar-refractivity contribution >= 4 is 17.1 Å². The minimum Gasteiger partial charge on any atom is -0.384 e. The molecule has 168 valence electrons. The number of rotatable bonds is 5. The van der Waals surface area contributed by atoms with Crippen LogP contribution in [0.3, 0.4) is 0 Å². The molecule has 1 aliphatic heterocycles. The summed E-state index contributed by atoms with van der Waals surface area (Å²) in [6, 6.07) is 8.61. The number of hydrogen-bond acceptors (Lipinski definition) is 3. The topological polar surface area (TPSA) is 47.4 Å². The quantitative estimate of drug-likeness (QED) is 0.672. The van der Waals surface area contributed by atoms with Gasteiger partial charge in [-0.15, -0.1) is 0 Å². The Hall–Kier alpha value is -1.76. The molecule has 2 unspecified atom stereocenters. The second-order valence-corrected chi connectivity index (χ2v) is 11.8. The van der Waals surface area contributed by atoms with Gasteiger partial charge in [-0.05, 0) is 61.4 Å². The van der Waals surface area contributed by atoms with E-state index in [1.807, 2.05) is 18.3 Å². The van der Waals surface area contributed by atoms with Crippen molar-refractivity contribution in [1.82, 2.24) is 14.1 Å². The van der Waals surface area contributed by atoms with E-state index in [1.165, 1.54) is 22.4 Å². The fourth-order valence-electron chi connectivity index (χ4n) is 4.89. The van der Waals surface area contributed by atoms with Gasteiger partial charge in [-0.25, -0.2) is 8.51 Å². The Kier molecular flexibility index (Phi) is 6.01. The van der Waals surface area contributed by atoms with E-state index in [1.54, 1.807) is 7.11 Å². The molecule has 6 heteroatoms. The molecule has 31 heavy (non-hydrogen) atoms. The molecular weight excluding hydrogens is 406 g/mol.